The van der Waals surface area contributed by atoms with Gasteiger partial charge in [-0.1, -0.05) is 32.1 Å². The Morgan fingerprint density at radius 3 is 2.79 bits per heavy atom. The monoisotopic (exact) mass is 384 g/mol. The van der Waals surface area contributed by atoms with Crippen molar-refractivity contribution in [3.05, 3.63) is 35.5 Å². The van der Waals surface area contributed by atoms with E-state index in [1.54, 1.807) is 18.2 Å². The molecule has 148 valence electrons. The number of hydrogen-bond acceptors (Lipinski definition) is 5. The molecule has 1 aliphatic carbocycles. The number of H-pyrrole nitrogens is 1. The number of aromatic nitrogens is 2. The summed E-state index contributed by atoms with van der Waals surface area (Å²) in [5.74, 6) is 1.63. The molecule has 1 saturated carbocycles. The Kier molecular flexibility index (Phi) is 5.45. The van der Waals surface area contributed by atoms with E-state index in [2.05, 4.69) is 20.8 Å². The van der Waals surface area contributed by atoms with Gasteiger partial charge in [-0.15, -0.1) is 0 Å². The first kappa shape index (κ1) is 18.3. The number of rotatable bonds is 6. The maximum Gasteiger partial charge on any atom is 0.251 e. The number of amides is 2. The van der Waals surface area contributed by atoms with Crippen LogP contribution in [0.2, 0.25) is 0 Å². The second kappa shape index (κ2) is 8.33. The average Bonchev–Trinajstić information content (AvgIpc) is 3.35. The third-order valence-electron chi connectivity index (χ3n) is 5.18. The molecule has 0 bridgehead atoms. The molecule has 28 heavy (non-hydrogen) atoms. The minimum absolute atomic E-state index is 0.141. The van der Waals surface area contributed by atoms with Gasteiger partial charge in [0.25, 0.3) is 5.91 Å². The Labute approximate surface area is 163 Å². The third-order valence-corrected chi connectivity index (χ3v) is 5.18. The molecule has 2 amide bonds. The van der Waals surface area contributed by atoms with Crippen LogP contribution in [0.3, 0.4) is 0 Å². The molecule has 0 atom stereocenters. The molecule has 1 fully saturated rings. The van der Waals surface area contributed by atoms with Gasteiger partial charge in [0, 0.05) is 17.3 Å². The number of fused-ring (bicyclic) bond motifs is 1. The highest BCUT2D eigenvalue weighted by molar-refractivity contribution is 5.99. The summed E-state index contributed by atoms with van der Waals surface area (Å²) in [5.41, 5.74) is 1.44. The Hall–Kier alpha value is -3.03. The molecule has 4 rings (SSSR count). The van der Waals surface area contributed by atoms with Crippen LogP contribution >= 0.6 is 0 Å². The number of carbonyl (C=O) groups is 2. The molecule has 8 nitrogen and oxygen atoms in total. The van der Waals surface area contributed by atoms with Crippen molar-refractivity contribution in [1.29, 1.82) is 0 Å². The predicted octanol–water partition coefficient (Wildman–Crippen LogP) is 2.63. The molecular formula is C20H24N4O4. The van der Waals surface area contributed by atoms with E-state index in [4.69, 9.17) is 9.47 Å². The normalized spacial score (nSPS) is 16.0. The molecule has 0 radical (unpaired) electrons. The van der Waals surface area contributed by atoms with Gasteiger partial charge >= 0.3 is 0 Å². The summed E-state index contributed by atoms with van der Waals surface area (Å²) >= 11 is 0. The van der Waals surface area contributed by atoms with E-state index in [0.29, 0.717) is 28.8 Å². The minimum Gasteiger partial charge on any atom is -0.454 e. The Bertz CT molecular complexity index is 858. The maximum absolute atomic E-state index is 12.2. The summed E-state index contributed by atoms with van der Waals surface area (Å²) < 4.78 is 10.5. The van der Waals surface area contributed by atoms with Crippen LogP contribution in [0.4, 0.5) is 5.82 Å². The zero-order valence-electron chi connectivity index (χ0n) is 15.6. The molecule has 0 unspecified atom stereocenters. The predicted molar refractivity (Wildman–Crippen MR) is 102 cm³/mol. The molecule has 1 aromatic carbocycles. The molecule has 0 spiro atoms. The zero-order valence-corrected chi connectivity index (χ0v) is 15.6. The van der Waals surface area contributed by atoms with Gasteiger partial charge < -0.3 is 20.1 Å². The second-order valence-electron chi connectivity index (χ2n) is 7.29. The van der Waals surface area contributed by atoms with Gasteiger partial charge in [0.05, 0.1) is 6.54 Å². The van der Waals surface area contributed by atoms with E-state index in [1.807, 2.05) is 6.07 Å². The number of nitrogens with one attached hydrogen (secondary N) is 3. The smallest absolute Gasteiger partial charge is 0.251 e. The minimum atomic E-state index is -0.353. The quantitative estimate of drug-likeness (QED) is 0.710. The standard InChI is InChI=1S/C20H24N4O4/c25-19(11-21-20(26)14-6-7-16-17(9-14)28-12-27-16)22-18-10-15(23-24-18)8-13-4-2-1-3-5-13/h6-7,9-10,13H,1-5,8,11-12H2,(H,21,26)(H2,22,23,24,25). The van der Waals surface area contributed by atoms with E-state index in [-0.39, 0.29) is 25.2 Å². The van der Waals surface area contributed by atoms with Crippen LogP contribution in [0.1, 0.15) is 48.2 Å². The van der Waals surface area contributed by atoms with Gasteiger partial charge in [0.2, 0.25) is 12.7 Å². The molecule has 3 N–H and O–H groups in total. The lowest BCUT2D eigenvalue weighted by atomic mass is 9.86. The third kappa shape index (κ3) is 4.44. The Morgan fingerprint density at radius 2 is 1.93 bits per heavy atom. The largest absolute Gasteiger partial charge is 0.454 e. The van der Waals surface area contributed by atoms with Gasteiger partial charge in [-0.2, -0.15) is 5.10 Å². The van der Waals surface area contributed by atoms with Gasteiger partial charge in [-0.3, -0.25) is 14.7 Å². The van der Waals surface area contributed by atoms with Crippen molar-refractivity contribution < 1.29 is 19.1 Å². The summed E-state index contributed by atoms with van der Waals surface area (Å²) in [6, 6.07) is 6.77. The van der Waals surface area contributed by atoms with Crippen molar-refractivity contribution >= 4 is 17.6 Å². The highest BCUT2D eigenvalue weighted by Gasteiger charge is 2.18. The molecule has 0 saturated heterocycles. The number of ether oxygens (including phenoxy) is 2. The summed E-state index contributed by atoms with van der Waals surface area (Å²) in [7, 11) is 0. The van der Waals surface area contributed by atoms with Crippen molar-refractivity contribution in [2.24, 2.45) is 5.92 Å². The van der Waals surface area contributed by atoms with E-state index >= 15 is 0 Å². The van der Waals surface area contributed by atoms with E-state index in [0.717, 1.165) is 12.1 Å². The molecular weight excluding hydrogens is 360 g/mol. The van der Waals surface area contributed by atoms with Crippen LogP contribution in [0, 0.1) is 5.92 Å². The van der Waals surface area contributed by atoms with Crippen LogP contribution < -0.4 is 20.1 Å². The summed E-state index contributed by atoms with van der Waals surface area (Å²) in [6.45, 7) is 0.00725. The topological polar surface area (TPSA) is 105 Å². The number of anilines is 1. The lowest BCUT2D eigenvalue weighted by molar-refractivity contribution is -0.115. The summed E-state index contributed by atoms with van der Waals surface area (Å²) in [4.78, 5) is 24.3. The molecule has 2 aliphatic rings. The van der Waals surface area contributed by atoms with Gasteiger partial charge in [-0.25, -0.2) is 0 Å². The summed E-state index contributed by atoms with van der Waals surface area (Å²) in [6.07, 6.45) is 7.40. The van der Waals surface area contributed by atoms with Crippen molar-refractivity contribution in [2.75, 3.05) is 18.7 Å². The van der Waals surface area contributed by atoms with Crippen molar-refractivity contribution in [1.82, 2.24) is 15.5 Å². The molecule has 2 aromatic rings. The Morgan fingerprint density at radius 1 is 1.11 bits per heavy atom. The number of carbonyl (C=O) groups excluding carboxylic acids is 2. The van der Waals surface area contributed by atoms with Crippen LogP contribution in [0.5, 0.6) is 11.5 Å². The first-order valence-electron chi connectivity index (χ1n) is 9.69. The summed E-state index contributed by atoms with van der Waals surface area (Å²) in [5, 5.41) is 12.4. The van der Waals surface area contributed by atoms with Gasteiger partial charge in [0.15, 0.2) is 17.3 Å². The number of nitrogens with zero attached hydrogens (tertiary/aromatic N) is 1. The van der Waals surface area contributed by atoms with Crippen molar-refractivity contribution in [3.8, 4) is 11.5 Å². The van der Waals surface area contributed by atoms with E-state index in [9.17, 15) is 9.59 Å². The molecule has 1 aromatic heterocycles. The lowest BCUT2D eigenvalue weighted by Crippen LogP contribution is -2.32. The molecule has 2 heterocycles. The number of hydrogen-bond donors (Lipinski definition) is 3. The number of benzene rings is 1. The van der Waals surface area contributed by atoms with Crippen molar-refractivity contribution in [3.63, 3.8) is 0 Å². The fourth-order valence-corrected chi connectivity index (χ4v) is 3.72. The van der Waals surface area contributed by atoms with Crippen molar-refractivity contribution in [2.45, 2.75) is 38.5 Å². The maximum atomic E-state index is 12.2. The van der Waals surface area contributed by atoms with Crippen LogP contribution in [-0.4, -0.2) is 35.3 Å². The second-order valence-corrected chi connectivity index (χ2v) is 7.29. The van der Waals surface area contributed by atoms with Crippen LogP contribution in [0.25, 0.3) is 0 Å². The van der Waals surface area contributed by atoms with E-state index < -0.39 is 0 Å². The fourth-order valence-electron chi connectivity index (χ4n) is 3.72. The fraction of sp³-hybridized carbons (Fsp3) is 0.450. The zero-order chi connectivity index (χ0) is 19.3. The highest BCUT2D eigenvalue weighted by atomic mass is 16.7. The molecule has 8 heteroatoms. The van der Waals surface area contributed by atoms with Gasteiger partial charge in [-0.05, 0) is 30.5 Å². The number of aromatic amines is 1. The van der Waals surface area contributed by atoms with E-state index in [1.165, 1.54) is 32.1 Å². The van der Waals surface area contributed by atoms with Crippen LogP contribution in [-0.2, 0) is 11.2 Å². The van der Waals surface area contributed by atoms with Gasteiger partial charge in [0.1, 0.15) is 0 Å². The first-order valence-corrected chi connectivity index (χ1v) is 9.69. The van der Waals surface area contributed by atoms with Crippen LogP contribution in [0.15, 0.2) is 24.3 Å². The first-order chi connectivity index (χ1) is 13.7. The SMILES string of the molecule is O=C(CNC(=O)c1ccc2c(c1)OCO2)Nc1cc(CC2CCCCC2)[nH]n1. The Balaban J connectivity index is 1.24. The average molecular weight is 384 g/mol. The highest BCUT2D eigenvalue weighted by Crippen LogP contribution is 2.32. The molecule has 1 aliphatic heterocycles. The lowest BCUT2D eigenvalue weighted by Gasteiger charge is -2.20.